The summed E-state index contributed by atoms with van der Waals surface area (Å²) in [5.74, 6) is -0.0906. The summed E-state index contributed by atoms with van der Waals surface area (Å²) in [4.78, 5) is 27.1. The van der Waals surface area contributed by atoms with Crippen molar-refractivity contribution in [1.29, 1.82) is 0 Å². The zero-order chi connectivity index (χ0) is 14.7. The van der Waals surface area contributed by atoms with Gasteiger partial charge in [0.15, 0.2) is 10.4 Å². The number of nitrogens with zero attached hydrogens (tertiary/aromatic N) is 2. The molecule has 1 aromatic heterocycles. The summed E-state index contributed by atoms with van der Waals surface area (Å²) in [6.45, 7) is 1.30. The lowest BCUT2D eigenvalue weighted by atomic mass is 10.1. The molecular weight excluding hydrogens is 328 g/mol. The van der Waals surface area contributed by atoms with Crippen LogP contribution in [0.2, 0.25) is 0 Å². The molecule has 7 heteroatoms. The Bertz CT molecular complexity index is 502. The molecule has 1 unspecified atom stereocenters. The van der Waals surface area contributed by atoms with Crippen molar-refractivity contribution in [2.45, 2.75) is 6.42 Å². The number of rotatable bonds is 4. The van der Waals surface area contributed by atoms with Crippen LogP contribution < -0.4 is 0 Å². The molecule has 6 nitrogen and oxygen atoms in total. The Hall–Kier alpha value is -1.34. The molecule has 2 amide bonds. The third-order valence-corrected chi connectivity index (χ3v) is 3.83. The molecule has 2 rings (SSSR count). The van der Waals surface area contributed by atoms with E-state index in [0.717, 1.165) is 6.42 Å². The van der Waals surface area contributed by atoms with Gasteiger partial charge in [0.25, 0.3) is 5.91 Å². The summed E-state index contributed by atoms with van der Waals surface area (Å²) in [7, 11) is 1.57. The van der Waals surface area contributed by atoms with E-state index in [1.54, 1.807) is 24.1 Å². The monoisotopic (exact) mass is 344 g/mol. The van der Waals surface area contributed by atoms with Gasteiger partial charge in [-0.05, 0) is 34.5 Å². The van der Waals surface area contributed by atoms with Crippen molar-refractivity contribution >= 4 is 27.7 Å². The van der Waals surface area contributed by atoms with Gasteiger partial charge in [0.2, 0.25) is 5.91 Å². The van der Waals surface area contributed by atoms with Gasteiger partial charge in [-0.2, -0.15) is 0 Å². The largest absolute Gasteiger partial charge is 0.444 e. The normalized spacial score (nSPS) is 18.4. The van der Waals surface area contributed by atoms with Crippen molar-refractivity contribution in [2.24, 2.45) is 5.92 Å². The lowest BCUT2D eigenvalue weighted by molar-refractivity contribution is -0.130. The molecule has 1 aliphatic heterocycles. The van der Waals surface area contributed by atoms with Crippen LogP contribution >= 0.6 is 15.9 Å². The standard InChI is InChI=1S/C13H17BrN2O4/c1-15(13(19)10-2-3-11(14)20-10)7-12(18)16-5-4-9(6-16)8-17/h2-3,9,17H,4-8H2,1H3. The number of hydrogen-bond acceptors (Lipinski definition) is 4. The lowest BCUT2D eigenvalue weighted by Gasteiger charge is -2.21. The number of aliphatic hydroxyl groups is 1. The third-order valence-electron chi connectivity index (χ3n) is 3.40. The molecular formula is C13H17BrN2O4. The maximum absolute atomic E-state index is 12.1. The van der Waals surface area contributed by atoms with Gasteiger partial charge in [-0.1, -0.05) is 0 Å². The van der Waals surface area contributed by atoms with E-state index in [2.05, 4.69) is 15.9 Å². The Morgan fingerprint density at radius 3 is 2.85 bits per heavy atom. The Kier molecular flexibility index (Phi) is 4.82. The summed E-state index contributed by atoms with van der Waals surface area (Å²) in [5, 5.41) is 9.07. The number of hydrogen-bond donors (Lipinski definition) is 1. The first-order valence-corrected chi connectivity index (χ1v) is 7.20. The molecule has 0 spiro atoms. The number of carbonyl (C=O) groups excluding carboxylic acids is 2. The molecule has 1 N–H and O–H groups in total. The second kappa shape index (κ2) is 6.41. The van der Waals surface area contributed by atoms with Gasteiger partial charge in [0, 0.05) is 32.7 Å². The summed E-state index contributed by atoms with van der Waals surface area (Å²) < 4.78 is 5.65. The quantitative estimate of drug-likeness (QED) is 0.882. The molecule has 1 atom stereocenters. The van der Waals surface area contributed by atoms with E-state index in [0.29, 0.717) is 17.8 Å². The van der Waals surface area contributed by atoms with Crippen LogP contribution in [-0.2, 0) is 4.79 Å². The Labute approximate surface area is 125 Å². The van der Waals surface area contributed by atoms with Crippen LogP contribution in [0, 0.1) is 5.92 Å². The Morgan fingerprint density at radius 1 is 1.55 bits per heavy atom. The predicted octanol–water partition coefficient (Wildman–Crippen LogP) is 0.955. The van der Waals surface area contributed by atoms with Gasteiger partial charge in [-0.25, -0.2) is 0 Å². The number of likely N-dealkylation sites (tertiary alicyclic amines) is 1. The summed E-state index contributed by atoms with van der Waals surface area (Å²) in [6.07, 6.45) is 0.811. The van der Waals surface area contributed by atoms with Crippen LogP contribution in [0.3, 0.4) is 0 Å². The van der Waals surface area contributed by atoms with Crippen LogP contribution in [0.1, 0.15) is 17.0 Å². The van der Waals surface area contributed by atoms with Crippen molar-refractivity contribution in [1.82, 2.24) is 9.80 Å². The fourth-order valence-electron chi connectivity index (χ4n) is 2.20. The minimum absolute atomic E-state index is 0.00923. The predicted molar refractivity (Wildman–Crippen MR) is 75.1 cm³/mol. The highest BCUT2D eigenvalue weighted by Crippen LogP contribution is 2.17. The zero-order valence-corrected chi connectivity index (χ0v) is 12.8. The average molecular weight is 345 g/mol. The van der Waals surface area contributed by atoms with E-state index in [4.69, 9.17) is 9.52 Å². The van der Waals surface area contributed by atoms with Crippen molar-refractivity contribution in [2.75, 3.05) is 33.3 Å². The SMILES string of the molecule is CN(CC(=O)N1CCC(CO)C1)C(=O)c1ccc(Br)o1. The number of halogens is 1. The third kappa shape index (κ3) is 3.40. The fraction of sp³-hybridized carbons (Fsp3) is 0.538. The van der Waals surface area contributed by atoms with Crippen LogP contribution in [0.5, 0.6) is 0 Å². The van der Waals surface area contributed by atoms with E-state index in [9.17, 15) is 9.59 Å². The second-order valence-corrected chi connectivity index (χ2v) is 5.72. The minimum Gasteiger partial charge on any atom is -0.444 e. The first kappa shape index (κ1) is 15.1. The maximum atomic E-state index is 12.1. The molecule has 0 aliphatic carbocycles. The number of furan rings is 1. The molecule has 20 heavy (non-hydrogen) atoms. The molecule has 0 bridgehead atoms. The average Bonchev–Trinajstić information content (AvgIpc) is 3.06. The van der Waals surface area contributed by atoms with Crippen molar-refractivity contribution in [3.63, 3.8) is 0 Å². The van der Waals surface area contributed by atoms with Gasteiger partial charge in [0.05, 0.1) is 6.54 Å². The molecule has 1 aromatic rings. The first-order chi connectivity index (χ1) is 9.51. The molecule has 0 aromatic carbocycles. The van der Waals surface area contributed by atoms with Gasteiger partial charge < -0.3 is 19.3 Å². The summed E-state index contributed by atoms with van der Waals surface area (Å²) in [5.41, 5.74) is 0. The number of likely N-dealkylation sites (N-methyl/N-ethyl adjacent to an activating group) is 1. The molecule has 0 radical (unpaired) electrons. The van der Waals surface area contributed by atoms with Crippen molar-refractivity contribution in [3.8, 4) is 0 Å². The van der Waals surface area contributed by atoms with Crippen LogP contribution in [0.15, 0.2) is 21.2 Å². The zero-order valence-electron chi connectivity index (χ0n) is 11.2. The molecule has 0 saturated carbocycles. The number of aliphatic hydroxyl groups excluding tert-OH is 1. The van der Waals surface area contributed by atoms with E-state index < -0.39 is 0 Å². The highest BCUT2D eigenvalue weighted by Gasteiger charge is 2.27. The van der Waals surface area contributed by atoms with Gasteiger partial charge in [-0.15, -0.1) is 0 Å². The van der Waals surface area contributed by atoms with E-state index in [-0.39, 0.29) is 36.6 Å². The van der Waals surface area contributed by atoms with E-state index >= 15 is 0 Å². The van der Waals surface area contributed by atoms with Gasteiger partial charge >= 0.3 is 0 Å². The topological polar surface area (TPSA) is 74.0 Å². The fourth-order valence-corrected chi connectivity index (χ4v) is 2.51. The second-order valence-electron chi connectivity index (χ2n) is 4.94. The van der Waals surface area contributed by atoms with Crippen molar-refractivity contribution in [3.05, 3.63) is 22.6 Å². The van der Waals surface area contributed by atoms with Gasteiger partial charge in [0.1, 0.15) is 0 Å². The molecule has 1 aliphatic rings. The molecule has 1 fully saturated rings. The van der Waals surface area contributed by atoms with E-state index in [1.165, 1.54) is 4.90 Å². The Balaban J connectivity index is 1.89. The Morgan fingerprint density at radius 2 is 2.30 bits per heavy atom. The highest BCUT2D eigenvalue weighted by atomic mass is 79.9. The highest BCUT2D eigenvalue weighted by molar-refractivity contribution is 9.10. The van der Waals surface area contributed by atoms with Crippen LogP contribution in [0.25, 0.3) is 0 Å². The van der Waals surface area contributed by atoms with E-state index in [1.807, 2.05) is 0 Å². The molecule has 2 heterocycles. The van der Waals surface area contributed by atoms with Crippen molar-refractivity contribution < 1.29 is 19.1 Å². The van der Waals surface area contributed by atoms with Crippen LogP contribution in [-0.4, -0.2) is 60.0 Å². The first-order valence-electron chi connectivity index (χ1n) is 6.40. The summed E-state index contributed by atoms with van der Waals surface area (Å²) >= 11 is 3.13. The van der Waals surface area contributed by atoms with Crippen LogP contribution in [0.4, 0.5) is 0 Å². The smallest absolute Gasteiger partial charge is 0.289 e. The minimum atomic E-state index is -0.332. The van der Waals surface area contributed by atoms with Gasteiger partial charge in [-0.3, -0.25) is 9.59 Å². The number of carbonyl (C=O) groups is 2. The number of amides is 2. The maximum Gasteiger partial charge on any atom is 0.289 e. The lowest BCUT2D eigenvalue weighted by Crippen LogP contribution is -2.40. The molecule has 110 valence electrons. The summed E-state index contributed by atoms with van der Waals surface area (Å²) in [6, 6.07) is 3.19. The molecule has 1 saturated heterocycles.